The molecule has 0 amide bonds. The Morgan fingerprint density at radius 2 is 1.40 bits per heavy atom. The highest BCUT2D eigenvalue weighted by atomic mass is 35.5. The molecule has 5 nitrogen and oxygen atoms in total. The van der Waals surface area contributed by atoms with E-state index < -0.39 is 0 Å². The first-order valence-electron chi connectivity index (χ1n) is 7.54. The van der Waals surface area contributed by atoms with Crippen LogP contribution >= 0.6 is 12.4 Å². The third-order valence-electron chi connectivity index (χ3n) is 2.90. The highest BCUT2D eigenvalue weighted by molar-refractivity contribution is 5.93. The Morgan fingerprint density at radius 3 is 1.85 bits per heavy atom. The molecule has 0 aliphatic heterocycles. The molecule has 0 aromatic carbocycles. The molecule has 0 aromatic rings. The van der Waals surface area contributed by atoms with Crippen molar-refractivity contribution >= 4 is 24.3 Å². The van der Waals surface area contributed by atoms with Crippen LogP contribution in [-0.2, 0) is 0 Å². The molecule has 0 unspecified atom stereocenters. The molecule has 6 heteroatoms. The summed E-state index contributed by atoms with van der Waals surface area (Å²) in [5, 5.41) is 0. The lowest BCUT2D eigenvalue weighted by molar-refractivity contribution is 0.395. The average molecular weight is 306 g/mol. The Labute approximate surface area is 130 Å². The van der Waals surface area contributed by atoms with Gasteiger partial charge >= 0.3 is 0 Å². The standard InChI is InChI=1S/C14H31N5.ClH/c1-4-7-10-17-13(15)18-14(16)19(11-8-5-2)12-9-6-3;/h4-12H2,1-3H3,(H4,15,16,17,18);1H. The Morgan fingerprint density at radius 1 is 0.900 bits per heavy atom. The summed E-state index contributed by atoms with van der Waals surface area (Å²) in [5.41, 5.74) is 11.8. The first-order valence-corrected chi connectivity index (χ1v) is 7.54. The van der Waals surface area contributed by atoms with Gasteiger partial charge in [0.25, 0.3) is 0 Å². The van der Waals surface area contributed by atoms with Gasteiger partial charge in [0.2, 0.25) is 5.96 Å². The zero-order valence-electron chi connectivity index (χ0n) is 13.3. The van der Waals surface area contributed by atoms with Crippen molar-refractivity contribution in [1.29, 1.82) is 0 Å². The molecule has 0 atom stereocenters. The number of nitrogens with two attached hydrogens (primary N) is 2. The fourth-order valence-electron chi connectivity index (χ4n) is 1.61. The summed E-state index contributed by atoms with van der Waals surface area (Å²) in [5.74, 6) is 0.795. The van der Waals surface area contributed by atoms with Crippen molar-refractivity contribution < 1.29 is 0 Å². The minimum absolute atomic E-state index is 0. The van der Waals surface area contributed by atoms with E-state index in [1.165, 1.54) is 0 Å². The fourth-order valence-corrected chi connectivity index (χ4v) is 1.61. The zero-order chi connectivity index (χ0) is 14.5. The molecule has 0 fully saturated rings. The summed E-state index contributed by atoms with van der Waals surface area (Å²) < 4.78 is 0. The molecule has 0 aliphatic rings. The normalized spacial score (nSPS) is 12.2. The van der Waals surface area contributed by atoms with Crippen LogP contribution in [0.2, 0.25) is 0 Å². The lowest BCUT2D eigenvalue weighted by atomic mass is 10.3. The lowest BCUT2D eigenvalue weighted by Crippen LogP contribution is -2.40. The largest absolute Gasteiger partial charge is 0.369 e. The maximum absolute atomic E-state index is 6.02. The van der Waals surface area contributed by atoms with E-state index in [1.54, 1.807) is 0 Å². The van der Waals surface area contributed by atoms with Crippen molar-refractivity contribution in [2.45, 2.75) is 59.3 Å². The van der Waals surface area contributed by atoms with Gasteiger partial charge in [-0.25, -0.2) is 0 Å². The second-order valence-corrected chi connectivity index (χ2v) is 4.76. The van der Waals surface area contributed by atoms with Gasteiger partial charge in [-0.05, 0) is 19.3 Å². The van der Waals surface area contributed by atoms with Crippen molar-refractivity contribution in [1.82, 2.24) is 4.90 Å². The van der Waals surface area contributed by atoms with Gasteiger partial charge in [0.15, 0.2) is 5.96 Å². The van der Waals surface area contributed by atoms with E-state index in [-0.39, 0.29) is 12.4 Å². The molecule has 0 spiro atoms. The van der Waals surface area contributed by atoms with Gasteiger partial charge in [0.05, 0.1) is 0 Å². The van der Waals surface area contributed by atoms with E-state index in [2.05, 4.69) is 35.7 Å². The van der Waals surface area contributed by atoms with E-state index in [9.17, 15) is 0 Å². The topological polar surface area (TPSA) is 80.0 Å². The SMILES string of the molecule is CCCCN=C(N)/N=C(\N)N(CCCC)CCCC.Cl. The molecule has 0 saturated carbocycles. The predicted octanol–water partition coefficient (Wildman–Crippen LogP) is 2.74. The molecular weight excluding hydrogens is 274 g/mol. The average Bonchev–Trinajstić information content (AvgIpc) is 2.39. The van der Waals surface area contributed by atoms with E-state index in [0.717, 1.165) is 58.2 Å². The van der Waals surface area contributed by atoms with Crippen LogP contribution in [0.4, 0.5) is 0 Å². The van der Waals surface area contributed by atoms with E-state index >= 15 is 0 Å². The summed E-state index contributed by atoms with van der Waals surface area (Å²) in [7, 11) is 0. The van der Waals surface area contributed by atoms with Crippen LogP contribution in [0.25, 0.3) is 0 Å². The molecule has 0 aliphatic carbocycles. The summed E-state index contributed by atoms with van der Waals surface area (Å²) in [6, 6.07) is 0. The number of rotatable bonds is 9. The quantitative estimate of drug-likeness (QED) is 0.390. The Hall–Kier alpha value is -0.970. The highest BCUT2D eigenvalue weighted by Crippen LogP contribution is 1.99. The van der Waals surface area contributed by atoms with Crippen molar-refractivity contribution in [2.75, 3.05) is 19.6 Å². The molecule has 0 radical (unpaired) electrons. The molecule has 0 heterocycles. The number of hydrogen-bond donors (Lipinski definition) is 2. The predicted molar refractivity (Wildman–Crippen MR) is 91.7 cm³/mol. The van der Waals surface area contributed by atoms with Gasteiger partial charge in [-0.1, -0.05) is 40.0 Å². The summed E-state index contributed by atoms with van der Waals surface area (Å²) in [6.07, 6.45) is 6.67. The Balaban J connectivity index is 0. The number of unbranched alkanes of at least 4 members (excludes halogenated alkanes) is 3. The Kier molecular flexibility index (Phi) is 15.4. The minimum Gasteiger partial charge on any atom is -0.369 e. The summed E-state index contributed by atoms with van der Waals surface area (Å²) in [4.78, 5) is 10.5. The van der Waals surface area contributed by atoms with E-state index in [1.807, 2.05) is 0 Å². The molecule has 0 rings (SSSR count). The van der Waals surface area contributed by atoms with Crippen LogP contribution in [0.1, 0.15) is 59.3 Å². The summed E-state index contributed by atoms with van der Waals surface area (Å²) >= 11 is 0. The smallest absolute Gasteiger partial charge is 0.218 e. The lowest BCUT2D eigenvalue weighted by Gasteiger charge is -2.23. The van der Waals surface area contributed by atoms with Crippen molar-refractivity contribution in [2.24, 2.45) is 21.5 Å². The molecular formula is C14H32ClN5. The first kappa shape index (κ1) is 21.3. The Bertz CT molecular complexity index is 271. The maximum atomic E-state index is 6.02. The number of halogens is 1. The van der Waals surface area contributed by atoms with Crippen molar-refractivity contribution in [3.63, 3.8) is 0 Å². The number of aliphatic imine (C=N–C) groups is 2. The van der Waals surface area contributed by atoms with Gasteiger partial charge in [-0.15, -0.1) is 12.4 Å². The van der Waals surface area contributed by atoms with Gasteiger partial charge in [0, 0.05) is 19.6 Å². The third kappa shape index (κ3) is 10.9. The maximum Gasteiger partial charge on any atom is 0.218 e. The molecule has 20 heavy (non-hydrogen) atoms. The van der Waals surface area contributed by atoms with Crippen LogP contribution < -0.4 is 11.5 Å². The number of guanidine groups is 2. The summed E-state index contributed by atoms with van der Waals surface area (Å²) in [6.45, 7) is 9.07. The molecule has 0 aromatic heterocycles. The van der Waals surface area contributed by atoms with Crippen LogP contribution in [-0.4, -0.2) is 36.5 Å². The molecule has 4 N–H and O–H groups in total. The monoisotopic (exact) mass is 305 g/mol. The third-order valence-corrected chi connectivity index (χ3v) is 2.90. The molecule has 120 valence electrons. The second-order valence-electron chi connectivity index (χ2n) is 4.76. The van der Waals surface area contributed by atoms with Crippen LogP contribution in [0.3, 0.4) is 0 Å². The van der Waals surface area contributed by atoms with Gasteiger partial charge in [0.1, 0.15) is 0 Å². The second kappa shape index (κ2) is 14.4. The van der Waals surface area contributed by atoms with Crippen molar-refractivity contribution in [3.8, 4) is 0 Å². The minimum atomic E-state index is 0. The van der Waals surface area contributed by atoms with E-state index in [0.29, 0.717) is 11.9 Å². The number of hydrogen-bond acceptors (Lipinski definition) is 1. The molecule has 0 saturated heterocycles. The van der Waals surface area contributed by atoms with Crippen LogP contribution in [0, 0.1) is 0 Å². The fraction of sp³-hybridized carbons (Fsp3) is 0.857. The first-order chi connectivity index (χ1) is 9.15. The molecule has 0 bridgehead atoms. The van der Waals surface area contributed by atoms with Crippen LogP contribution in [0.15, 0.2) is 9.98 Å². The van der Waals surface area contributed by atoms with Gasteiger partial charge in [-0.2, -0.15) is 4.99 Å². The van der Waals surface area contributed by atoms with Gasteiger partial charge < -0.3 is 16.4 Å². The van der Waals surface area contributed by atoms with Crippen molar-refractivity contribution in [3.05, 3.63) is 0 Å². The number of nitrogens with zero attached hydrogens (tertiary/aromatic N) is 3. The zero-order valence-corrected chi connectivity index (χ0v) is 14.1. The highest BCUT2D eigenvalue weighted by Gasteiger charge is 2.07. The van der Waals surface area contributed by atoms with Crippen LogP contribution in [0.5, 0.6) is 0 Å². The van der Waals surface area contributed by atoms with E-state index in [4.69, 9.17) is 11.5 Å². The van der Waals surface area contributed by atoms with Gasteiger partial charge in [-0.3, -0.25) is 4.99 Å².